The molecule has 0 aliphatic carbocycles. The number of thiocarbonyl (C=S) groups is 1. The fourth-order valence-corrected chi connectivity index (χ4v) is 3.78. The lowest BCUT2D eigenvalue weighted by molar-refractivity contribution is 0.187. The molecular weight excluding hydrogens is 258 g/mol. The lowest BCUT2D eigenvalue weighted by Gasteiger charge is -2.36. The molecule has 0 amide bonds. The Balaban J connectivity index is 2.81. The van der Waals surface area contributed by atoms with Crippen LogP contribution in [-0.2, 0) is 10.0 Å². The first kappa shape index (κ1) is 14.8. The van der Waals surface area contributed by atoms with Crippen LogP contribution >= 0.6 is 12.2 Å². The zero-order valence-corrected chi connectivity index (χ0v) is 12.2. The molecule has 0 saturated carbocycles. The van der Waals surface area contributed by atoms with E-state index in [4.69, 9.17) is 18.0 Å². The average Bonchev–Trinajstić information content (AvgIpc) is 2.26. The van der Waals surface area contributed by atoms with Gasteiger partial charge in [0.1, 0.15) is 5.25 Å². The maximum Gasteiger partial charge on any atom is 0.223 e. The molecule has 7 heteroatoms. The zero-order chi connectivity index (χ0) is 13.2. The van der Waals surface area contributed by atoms with Gasteiger partial charge >= 0.3 is 0 Å². The molecule has 2 unspecified atom stereocenters. The summed E-state index contributed by atoms with van der Waals surface area (Å²) in [6.07, 6.45) is 1.91. The Morgan fingerprint density at radius 3 is 2.65 bits per heavy atom. The van der Waals surface area contributed by atoms with Gasteiger partial charge in [-0.2, -0.15) is 0 Å². The number of hydrogen-bond acceptors (Lipinski definition) is 4. The summed E-state index contributed by atoms with van der Waals surface area (Å²) in [5, 5.41) is -0.797. The Bertz CT molecular complexity index is 383. The Labute approximate surface area is 109 Å². The minimum Gasteiger partial charge on any atom is -0.392 e. The fraction of sp³-hybridized carbons (Fsp3) is 0.900. The van der Waals surface area contributed by atoms with Crippen molar-refractivity contribution in [1.29, 1.82) is 0 Å². The molecule has 1 saturated heterocycles. The van der Waals surface area contributed by atoms with Gasteiger partial charge in [-0.15, -0.1) is 0 Å². The monoisotopic (exact) mass is 279 g/mol. The lowest BCUT2D eigenvalue weighted by atomic mass is 10.1. The van der Waals surface area contributed by atoms with Crippen molar-refractivity contribution in [3.05, 3.63) is 0 Å². The van der Waals surface area contributed by atoms with Crippen molar-refractivity contribution in [2.75, 3.05) is 27.2 Å². The molecule has 0 spiro atoms. The molecule has 2 atom stereocenters. The first-order valence-corrected chi connectivity index (χ1v) is 7.62. The number of likely N-dealkylation sites (N-methyl/N-ethyl adjacent to an activating group) is 2. The van der Waals surface area contributed by atoms with Crippen LogP contribution in [0.4, 0.5) is 0 Å². The van der Waals surface area contributed by atoms with Gasteiger partial charge in [-0.1, -0.05) is 12.2 Å². The highest BCUT2D eigenvalue weighted by atomic mass is 32.2. The molecule has 1 heterocycles. The van der Waals surface area contributed by atoms with Gasteiger partial charge in [0, 0.05) is 19.6 Å². The summed E-state index contributed by atoms with van der Waals surface area (Å²) in [5.41, 5.74) is 5.43. The number of nitrogens with two attached hydrogens (primary N) is 1. The first-order valence-electron chi connectivity index (χ1n) is 5.71. The van der Waals surface area contributed by atoms with Crippen LogP contribution in [0.15, 0.2) is 0 Å². The van der Waals surface area contributed by atoms with Crippen molar-refractivity contribution in [2.45, 2.75) is 31.1 Å². The lowest BCUT2D eigenvalue weighted by Crippen LogP contribution is -2.51. The van der Waals surface area contributed by atoms with E-state index in [0.717, 1.165) is 25.9 Å². The SMILES string of the molecule is CC(C(N)=S)S(=O)(=O)N(C)C1CCCN(C)C1. The molecule has 1 rings (SSSR count). The number of nitrogens with zero attached hydrogens (tertiary/aromatic N) is 2. The first-order chi connectivity index (χ1) is 7.76. The van der Waals surface area contributed by atoms with Gasteiger partial charge in [-0.3, -0.25) is 0 Å². The second-order valence-electron chi connectivity index (χ2n) is 4.66. The van der Waals surface area contributed by atoms with Crippen LogP contribution in [0, 0.1) is 0 Å². The van der Waals surface area contributed by atoms with Crippen molar-refractivity contribution in [3.8, 4) is 0 Å². The van der Waals surface area contributed by atoms with E-state index in [9.17, 15) is 8.42 Å². The van der Waals surface area contributed by atoms with Gasteiger partial charge in [0.15, 0.2) is 0 Å². The summed E-state index contributed by atoms with van der Waals surface area (Å²) < 4.78 is 25.9. The molecule has 0 aromatic carbocycles. The summed E-state index contributed by atoms with van der Waals surface area (Å²) in [7, 11) is 0.202. The van der Waals surface area contributed by atoms with Crippen molar-refractivity contribution >= 4 is 27.2 Å². The molecule has 2 N–H and O–H groups in total. The molecule has 0 radical (unpaired) electrons. The second kappa shape index (κ2) is 5.60. The predicted octanol–water partition coefficient (Wildman–Crippen LogP) is 0.0168. The van der Waals surface area contributed by atoms with Crippen LogP contribution in [0.3, 0.4) is 0 Å². The zero-order valence-electron chi connectivity index (χ0n) is 10.6. The molecule has 0 aromatic rings. The number of sulfonamides is 1. The maximum atomic E-state index is 12.2. The number of hydrogen-bond donors (Lipinski definition) is 1. The van der Waals surface area contributed by atoms with Crippen molar-refractivity contribution < 1.29 is 8.42 Å². The minimum absolute atomic E-state index is 0.0237. The highest BCUT2D eigenvalue weighted by Crippen LogP contribution is 2.18. The molecule has 1 aliphatic heterocycles. The largest absolute Gasteiger partial charge is 0.392 e. The van der Waals surface area contributed by atoms with Gasteiger partial charge < -0.3 is 10.6 Å². The van der Waals surface area contributed by atoms with Crippen LogP contribution in [0.25, 0.3) is 0 Å². The maximum absolute atomic E-state index is 12.2. The standard InChI is InChI=1S/C10H21N3O2S2/c1-8(10(11)16)17(14,15)13(3)9-5-4-6-12(2)7-9/h8-9H,4-7H2,1-3H3,(H2,11,16). The molecular formula is C10H21N3O2S2. The van der Waals surface area contributed by atoms with E-state index in [-0.39, 0.29) is 11.0 Å². The molecule has 0 bridgehead atoms. The van der Waals surface area contributed by atoms with Crippen molar-refractivity contribution in [2.24, 2.45) is 5.73 Å². The van der Waals surface area contributed by atoms with Crippen LogP contribution in [-0.4, -0.2) is 61.1 Å². The van der Waals surface area contributed by atoms with Crippen LogP contribution < -0.4 is 5.73 Å². The van der Waals surface area contributed by atoms with E-state index in [1.54, 1.807) is 14.0 Å². The van der Waals surface area contributed by atoms with Gasteiger partial charge in [-0.05, 0) is 33.4 Å². The summed E-state index contributed by atoms with van der Waals surface area (Å²) in [5.74, 6) is 0. The van der Waals surface area contributed by atoms with Crippen LogP contribution in [0.1, 0.15) is 19.8 Å². The predicted molar refractivity (Wildman–Crippen MR) is 73.4 cm³/mol. The number of rotatable bonds is 4. The minimum atomic E-state index is -3.42. The molecule has 1 aliphatic rings. The van der Waals surface area contributed by atoms with Gasteiger partial charge in [0.25, 0.3) is 0 Å². The topological polar surface area (TPSA) is 66.6 Å². The fourth-order valence-electron chi connectivity index (χ4n) is 2.04. The average molecular weight is 279 g/mol. The summed E-state index contributed by atoms with van der Waals surface area (Å²) >= 11 is 4.77. The Hall–Kier alpha value is -0.240. The van der Waals surface area contributed by atoms with Crippen molar-refractivity contribution in [1.82, 2.24) is 9.21 Å². The van der Waals surface area contributed by atoms with Gasteiger partial charge in [0.2, 0.25) is 10.0 Å². The van der Waals surface area contributed by atoms with E-state index in [1.807, 2.05) is 7.05 Å². The highest BCUT2D eigenvalue weighted by Gasteiger charge is 2.34. The third-order valence-electron chi connectivity index (χ3n) is 3.36. The summed E-state index contributed by atoms with van der Waals surface area (Å²) in [6, 6.07) is 0.0237. The Morgan fingerprint density at radius 1 is 1.59 bits per heavy atom. The van der Waals surface area contributed by atoms with E-state index >= 15 is 0 Å². The third kappa shape index (κ3) is 3.37. The molecule has 5 nitrogen and oxygen atoms in total. The number of piperidine rings is 1. The normalized spacial score (nSPS) is 24.8. The van der Waals surface area contributed by atoms with Crippen molar-refractivity contribution in [3.63, 3.8) is 0 Å². The molecule has 100 valence electrons. The Morgan fingerprint density at radius 2 is 2.18 bits per heavy atom. The second-order valence-corrected chi connectivity index (χ2v) is 7.45. The van der Waals surface area contributed by atoms with E-state index in [2.05, 4.69) is 4.90 Å². The van der Waals surface area contributed by atoms with Crippen LogP contribution in [0.5, 0.6) is 0 Å². The molecule has 17 heavy (non-hydrogen) atoms. The quantitative estimate of drug-likeness (QED) is 0.735. The van der Waals surface area contributed by atoms with E-state index < -0.39 is 15.3 Å². The highest BCUT2D eigenvalue weighted by molar-refractivity contribution is 7.92. The molecule has 0 aromatic heterocycles. The summed E-state index contributed by atoms with van der Waals surface area (Å²) in [6.45, 7) is 3.33. The number of likely N-dealkylation sites (tertiary alicyclic amines) is 1. The summed E-state index contributed by atoms with van der Waals surface area (Å²) in [4.78, 5) is 2.17. The smallest absolute Gasteiger partial charge is 0.223 e. The molecule has 1 fully saturated rings. The van der Waals surface area contributed by atoms with Gasteiger partial charge in [0.05, 0.1) is 4.99 Å². The third-order valence-corrected chi connectivity index (χ3v) is 6.11. The van der Waals surface area contributed by atoms with E-state index in [0.29, 0.717) is 0 Å². The van der Waals surface area contributed by atoms with Crippen LogP contribution in [0.2, 0.25) is 0 Å². The van der Waals surface area contributed by atoms with Gasteiger partial charge in [-0.25, -0.2) is 12.7 Å². The van der Waals surface area contributed by atoms with E-state index in [1.165, 1.54) is 4.31 Å². The Kier molecular flexibility index (Phi) is 4.88.